The fourth-order valence-corrected chi connectivity index (χ4v) is 2.02. The van der Waals surface area contributed by atoms with Crippen LogP contribution in [-0.2, 0) is 0 Å². The first kappa shape index (κ1) is 11.9. The Morgan fingerprint density at radius 1 is 1.67 bits per heavy atom. The van der Waals surface area contributed by atoms with Gasteiger partial charge in [-0.15, -0.1) is 11.3 Å². The van der Waals surface area contributed by atoms with Gasteiger partial charge in [-0.25, -0.2) is 8.78 Å². The Kier molecular flexibility index (Phi) is 3.62. The molecule has 3 nitrogen and oxygen atoms in total. The lowest BCUT2D eigenvalue weighted by molar-refractivity contribution is 0.0624. The van der Waals surface area contributed by atoms with E-state index in [1.165, 1.54) is 24.5 Å². The van der Waals surface area contributed by atoms with Crippen molar-refractivity contribution in [1.82, 2.24) is 4.90 Å². The van der Waals surface area contributed by atoms with Gasteiger partial charge in [0.2, 0.25) is 0 Å². The Morgan fingerprint density at radius 3 is 2.67 bits per heavy atom. The van der Waals surface area contributed by atoms with E-state index in [0.717, 1.165) is 9.78 Å². The minimum Gasteiger partial charge on any atom is -0.398 e. The zero-order valence-electron chi connectivity index (χ0n) is 8.46. The summed E-state index contributed by atoms with van der Waals surface area (Å²) >= 11 is 1.22. The van der Waals surface area contributed by atoms with Crippen LogP contribution in [0.15, 0.2) is 6.07 Å². The first-order chi connectivity index (χ1) is 6.91. The average Bonchev–Trinajstić information content (AvgIpc) is 2.44. The molecule has 6 heteroatoms. The molecule has 0 radical (unpaired) electrons. The molecule has 1 aromatic rings. The lowest BCUT2D eigenvalue weighted by Crippen LogP contribution is -2.30. The average molecular weight is 234 g/mol. The Hall–Kier alpha value is -1.17. The van der Waals surface area contributed by atoms with Crippen molar-refractivity contribution in [3.05, 3.63) is 15.8 Å². The van der Waals surface area contributed by atoms with E-state index >= 15 is 0 Å². The van der Waals surface area contributed by atoms with Crippen LogP contribution in [0.3, 0.4) is 0 Å². The Balaban J connectivity index is 2.76. The number of alkyl halides is 2. The van der Waals surface area contributed by atoms with Crippen LogP contribution in [-0.4, -0.2) is 30.8 Å². The second kappa shape index (κ2) is 4.57. The largest absolute Gasteiger partial charge is 0.398 e. The van der Waals surface area contributed by atoms with E-state index < -0.39 is 18.9 Å². The highest BCUT2D eigenvalue weighted by molar-refractivity contribution is 7.14. The van der Waals surface area contributed by atoms with Crippen molar-refractivity contribution in [3.63, 3.8) is 0 Å². The van der Waals surface area contributed by atoms with Gasteiger partial charge >= 0.3 is 0 Å². The minimum absolute atomic E-state index is 0.396. The summed E-state index contributed by atoms with van der Waals surface area (Å²) in [5.74, 6) is -0.417. The Morgan fingerprint density at radius 2 is 2.27 bits per heavy atom. The maximum absolute atomic E-state index is 12.0. The first-order valence-corrected chi connectivity index (χ1v) is 5.13. The molecule has 1 aromatic heterocycles. The molecule has 0 aliphatic heterocycles. The number of nitrogens with two attached hydrogens (primary N) is 1. The van der Waals surface area contributed by atoms with Crippen molar-refractivity contribution in [2.24, 2.45) is 0 Å². The van der Waals surface area contributed by atoms with Crippen molar-refractivity contribution in [3.8, 4) is 0 Å². The fraction of sp³-hybridized carbons (Fsp3) is 0.444. The van der Waals surface area contributed by atoms with Crippen LogP contribution >= 0.6 is 11.3 Å². The number of carbonyl (C=O) groups excluding carboxylic acids is 1. The first-order valence-electron chi connectivity index (χ1n) is 4.31. The summed E-state index contributed by atoms with van der Waals surface area (Å²) in [5.41, 5.74) is 6.09. The molecule has 0 spiro atoms. The highest BCUT2D eigenvalue weighted by Gasteiger charge is 2.18. The molecule has 0 aliphatic rings. The van der Waals surface area contributed by atoms with Gasteiger partial charge in [0, 0.05) is 17.6 Å². The summed E-state index contributed by atoms with van der Waals surface area (Å²) in [6, 6.07) is 1.52. The number of amides is 1. The van der Waals surface area contributed by atoms with Gasteiger partial charge in [-0.05, 0) is 13.0 Å². The molecule has 84 valence electrons. The minimum atomic E-state index is -2.52. The summed E-state index contributed by atoms with van der Waals surface area (Å²) in [4.78, 5) is 13.8. The third kappa shape index (κ3) is 2.89. The fourth-order valence-electron chi connectivity index (χ4n) is 1.08. The molecular weight excluding hydrogens is 222 g/mol. The van der Waals surface area contributed by atoms with Crippen LogP contribution in [0, 0.1) is 6.92 Å². The zero-order chi connectivity index (χ0) is 11.6. The van der Waals surface area contributed by atoms with E-state index in [4.69, 9.17) is 5.73 Å². The number of hydrogen-bond donors (Lipinski definition) is 1. The molecule has 0 saturated heterocycles. The Bertz CT molecular complexity index is 345. The van der Waals surface area contributed by atoms with E-state index in [2.05, 4.69) is 0 Å². The highest BCUT2D eigenvalue weighted by atomic mass is 32.1. The molecular formula is C9H12F2N2OS. The maximum Gasteiger partial charge on any atom is 0.263 e. The number of nitrogens with zero attached hydrogens (tertiary/aromatic N) is 1. The third-order valence-electron chi connectivity index (χ3n) is 1.93. The van der Waals surface area contributed by atoms with Gasteiger partial charge in [0.05, 0.1) is 11.4 Å². The summed E-state index contributed by atoms with van der Waals surface area (Å²) < 4.78 is 24.1. The van der Waals surface area contributed by atoms with E-state index in [9.17, 15) is 13.6 Å². The number of hydrogen-bond acceptors (Lipinski definition) is 3. The number of anilines is 1. The number of rotatable bonds is 3. The molecule has 1 rings (SSSR count). The molecule has 1 amide bonds. The van der Waals surface area contributed by atoms with Gasteiger partial charge in [0.1, 0.15) is 0 Å². The number of aryl methyl sites for hydroxylation is 1. The number of nitrogen functional groups attached to an aromatic ring is 1. The molecule has 0 saturated carbocycles. The topological polar surface area (TPSA) is 46.3 Å². The van der Waals surface area contributed by atoms with E-state index in [1.807, 2.05) is 0 Å². The van der Waals surface area contributed by atoms with E-state index in [-0.39, 0.29) is 0 Å². The summed E-state index contributed by atoms with van der Waals surface area (Å²) in [7, 11) is 1.35. The lowest BCUT2D eigenvalue weighted by atomic mass is 10.3. The molecule has 0 atom stereocenters. The normalized spacial score (nSPS) is 10.7. The van der Waals surface area contributed by atoms with Gasteiger partial charge in [0.25, 0.3) is 12.3 Å². The standard InChI is InChI=1S/C9H12F2N2OS/c1-5-6(12)3-7(15-5)9(14)13(2)4-8(10)11/h3,8H,4,12H2,1-2H3. The highest BCUT2D eigenvalue weighted by Crippen LogP contribution is 2.24. The van der Waals surface area contributed by atoms with Crippen molar-refractivity contribution < 1.29 is 13.6 Å². The van der Waals surface area contributed by atoms with E-state index in [1.54, 1.807) is 6.92 Å². The summed E-state index contributed by atoms with van der Waals surface area (Å²) in [6.45, 7) is 1.22. The summed E-state index contributed by atoms with van der Waals surface area (Å²) in [6.07, 6.45) is -2.52. The molecule has 1 heterocycles. The van der Waals surface area contributed by atoms with Gasteiger partial charge < -0.3 is 10.6 Å². The van der Waals surface area contributed by atoms with Crippen LogP contribution in [0.25, 0.3) is 0 Å². The second-order valence-electron chi connectivity index (χ2n) is 3.20. The SMILES string of the molecule is Cc1sc(C(=O)N(C)CC(F)F)cc1N. The summed E-state index contributed by atoms with van der Waals surface area (Å²) in [5, 5.41) is 0. The molecule has 2 N–H and O–H groups in total. The predicted molar refractivity (Wildman–Crippen MR) is 56.4 cm³/mol. The monoisotopic (exact) mass is 234 g/mol. The Labute approximate surface area is 90.5 Å². The number of carbonyl (C=O) groups is 1. The smallest absolute Gasteiger partial charge is 0.263 e. The van der Waals surface area contributed by atoms with Crippen LogP contribution < -0.4 is 5.73 Å². The van der Waals surface area contributed by atoms with Crippen LogP contribution in [0.4, 0.5) is 14.5 Å². The second-order valence-corrected chi connectivity index (χ2v) is 4.46. The van der Waals surface area contributed by atoms with Gasteiger partial charge in [-0.1, -0.05) is 0 Å². The maximum atomic E-state index is 12.0. The van der Waals surface area contributed by atoms with Crippen molar-refractivity contribution >= 4 is 22.9 Å². The molecule has 0 aliphatic carbocycles. The van der Waals surface area contributed by atoms with Crippen LogP contribution in [0.5, 0.6) is 0 Å². The van der Waals surface area contributed by atoms with Gasteiger partial charge in [-0.3, -0.25) is 4.79 Å². The zero-order valence-corrected chi connectivity index (χ0v) is 9.28. The molecule has 0 aromatic carbocycles. The van der Waals surface area contributed by atoms with E-state index in [0.29, 0.717) is 10.6 Å². The molecule has 0 bridgehead atoms. The van der Waals surface area contributed by atoms with Crippen LogP contribution in [0.1, 0.15) is 14.5 Å². The molecule has 15 heavy (non-hydrogen) atoms. The van der Waals surface area contributed by atoms with Crippen molar-refractivity contribution in [2.75, 3.05) is 19.3 Å². The third-order valence-corrected chi connectivity index (χ3v) is 2.98. The molecule has 0 fully saturated rings. The lowest BCUT2D eigenvalue weighted by Gasteiger charge is -2.14. The van der Waals surface area contributed by atoms with Crippen molar-refractivity contribution in [1.29, 1.82) is 0 Å². The van der Waals surface area contributed by atoms with Crippen LogP contribution in [0.2, 0.25) is 0 Å². The number of thiophene rings is 1. The quantitative estimate of drug-likeness (QED) is 0.869. The number of halogens is 2. The molecule has 0 unspecified atom stereocenters. The predicted octanol–water partition coefficient (Wildman–Crippen LogP) is 1.98. The van der Waals surface area contributed by atoms with Gasteiger partial charge in [0.15, 0.2) is 0 Å². The van der Waals surface area contributed by atoms with Crippen molar-refractivity contribution in [2.45, 2.75) is 13.3 Å². The van der Waals surface area contributed by atoms with Gasteiger partial charge in [-0.2, -0.15) is 0 Å².